The lowest BCUT2D eigenvalue weighted by atomic mass is 10.0. The van der Waals surface area contributed by atoms with Gasteiger partial charge in [0.1, 0.15) is 0 Å². The number of carbonyl (C=O) groups is 1. The summed E-state index contributed by atoms with van der Waals surface area (Å²) < 4.78 is 18.7. The van der Waals surface area contributed by atoms with Crippen molar-refractivity contribution in [3.05, 3.63) is 29.6 Å². The summed E-state index contributed by atoms with van der Waals surface area (Å²) in [4.78, 5) is 16.2. The van der Waals surface area contributed by atoms with E-state index >= 15 is 0 Å². The average molecular weight is 306 g/mol. The Morgan fingerprint density at radius 3 is 2.64 bits per heavy atom. The molecule has 4 nitrogen and oxygen atoms in total. The summed E-state index contributed by atoms with van der Waals surface area (Å²) in [6.45, 7) is 3.60. The minimum Gasteiger partial charge on any atom is -0.494 e. The summed E-state index contributed by atoms with van der Waals surface area (Å²) in [5, 5.41) is 0. The molecule has 2 saturated heterocycles. The molecule has 2 fully saturated rings. The van der Waals surface area contributed by atoms with Crippen molar-refractivity contribution in [3.63, 3.8) is 0 Å². The second-order valence-electron chi connectivity index (χ2n) is 6.17. The van der Waals surface area contributed by atoms with Gasteiger partial charge in [0.15, 0.2) is 11.6 Å². The minimum atomic E-state index is -0.308. The van der Waals surface area contributed by atoms with Gasteiger partial charge in [-0.1, -0.05) is 6.07 Å². The first kappa shape index (κ1) is 15.3. The normalized spacial score (nSPS) is 20.6. The molecule has 1 aromatic rings. The lowest BCUT2D eigenvalue weighted by Crippen LogP contribution is -2.45. The van der Waals surface area contributed by atoms with Crippen molar-refractivity contribution in [2.24, 2.45) is 0 Å². The third-order valence-corrected chi connectivity index (χ3v) is 4.73. The van der Waals surface area contributed by atoms with E-state index in [0.29, 0.717) is 18.4 Å². The number of ether oxygens (including phenoxy) is 1. The van der Waals surface area contributed by atoms with Gasteiger partial charge in [-0.25, -0.2) is 4.39 Å². The number of likely N-dealkylation sites (tertiary alicyclic amines) is 2. The average Bonchev–Trinajstić information content (AvgIpc) is 2.94. The van der Waals surface area contributed by atoms with Gasteiger partial charge in [-0.3, -0.25) is 9.69 Å². The molecular formula is C17H23FN2O2. The number of methoxy groups -OCH3 is 1. The monoisotopic (exact) mass is 306 g/mol. The summed E-state index contributed by atoms with van der Waals surface area (Å²) in [5.74, 6) is 0.295. The number of benzene rings is 1. The highest BCUT2D eigenvalue weighted by Crippen LogP contribution is 2.24. The maximum atomic E-state index is 13.7. The number of rotatable bonds is 4. The molecule has 1 aromatic carbocycles. The highest BCUT2D eigenvalue weighted by molar-refractivity contribution is 5.78. The van der Waals surface area contributed by atoms with E-state index < -0.39 is 0 Å². The van der Waals surface area contributed by atoms with Gasteiger partial charge in [0.25, 0.3) is 0 Å². The Hall–Kier alpha value is -1.62. The maximum Gasteiger partial charge on any atom is 0.222 e. The Kier molecular flexibility index (Phi) is 4.62. The maximum absolute atomic E-state index is 13.7. The zero-order valence-electron chi connectivity index (χ0n) is 13.1. The van der Waals surface area contributed by atoms with Gasteiger partial charge in [-0.2, -0.15) is 0 Å². The molecule has 22 heavy (non-hydrogen) atoms. The molecule has 0 N–H and O–H groups in total. The van der Waals surface area contributed by atoms with Gasteiger partial charge in [-0.15, -0.1) is 0 Å². The molecule has 0 aliphatic carbocycles. The van der Waals surface area contributed by atoms with Crippen molar-refractivity contribution in [1.29, 1.82) is 0 Å². The van der Waals surface area contributed by atoms with Crippen LogP contribution in [0.2, 0.25) is 0 Å². The molecule has 120 valence electrons. The first-order valence-corrected chi connectivity index (χ1v) is 8.01. The Bertz CT molecular complexity index is 541. The molecule has 0 aromatic heterocycles. The fraction of sp³-hybridized carbons (Fsp3) is 0.588. The van der Waals surface area contributed by atoms with Crippen LogP contribution in [-0.2, 0) is 11.3 Å². The lowest BCUT2D eigenvalue weighted by Gasteiger charge is -2.36. The van der Waals surface area contributed by atoms with Crippen LogP contribution in [0.3, 0.4) is 0 Å². The number of hydrogen-bond acceptors (Lipinski definition) is 3. The standard InChI is InChI=1S/C17H23FN2O2/c1-22-16-5-4-13(11-15(16)18)12-19-9-6-14(7-10-19)20-8-2-3-17(20)21/h4-5,11,14H,2-3,6-10,12H2,1H3. The predicted octanol–water partition coefficient (Wildman–Crippen LogP) is 2.42. The van der Waals surface area contributed by atoms with E-state index in [2.05, 4.69) is 9.80 Å². The van der Waals surface area contributed by atoms with Crippen molar-refractivity contribution in [3.8, 4) is 5.75 Å². The fourth-order valence-electron chi connectivity index (χ4n) is 3.51. The van der Waals surface area contributed by atoms with Gasteiger partial charge < -0.3 is 9.64 Å². The molecular weight excluding hydrogens is 283 g/mol. The Morgan fingerprint density at radius 2 is 2.05 bits per heavy atom. The SMILES string of the molecule is COc1ccc(CN2CCC(N3CCCC3=O)CC2)cc1F. The summed E-state index contributed by atoms with van der Waals surface area (Å²) in [5.41, 5.74) is 0.967. The molecule has 0 spiro atoms. The fourth-order valence-corrected chi connectivity index (χ4v) is 3.51. The highest BCUT2D eigenvalue weighted by atomic mass is 19.1. The minimum absolute atomic E-state index is 0.287. The molecule has 3 rings (SSSR count). The van der Waals surface area contributed by atoms with E-state index in [1.54, 1.807) is 12.1 Å². The van der Waals surface area contributed by atoms with Gasteiger partial charge in [0.05, 0.1) is 7.11 Å². The quantitative estimate of drug-likeness (QED) is 0.856. The number of hydrogen-bond donors (Lipinski definition) is 0. The van der Waals surface area contributed by atoms with Crippen molar-refractivity contribution < 1.29 is 13.9 Å². The van der Waals surface area contributed by atoms with Crippen LogP contribution in [0.1, 0.15) is 31.2 Å². The van der Waals surface area contributed by atoms with Crippen LogP contribution in [0.5, 0.6) is 5.75 Å². The lowest BCUT2D eigenvalue weighted by molar-refractivity contribution is -0.130. The van der Waals surface area contributed by atoms with Crippen molar-refractivity contribution in [2.45, 2.75) is 38.3 Å². The second kappa shape index (κ2) is 6.65. The van der Waals surface area contributed by atoms with Crippen LogP contribution in [0.15, 0.2) is 18.2 Å². The smallest absolute Gasteiger partial charge is 0.222 e. The van der Waals surface area contributed by atoms with Crippen molar-refractivity contribution in [1.82, 2.24) is 9.80 Å². The number of carbonyl (C=O) groups excluding carboxylic acids is 1. The summed E-state index contributed by atoms with van der Waals surface area (Å²) in [6, 6.07) is 5.55. The second-order valence-corrected chi connectivity index (χ2v) is 6.17. The van der Waals surface area contributed by atoms with Crippen LogP contribution >= 0.6 is 0 Å². The van der Waals surface area contributed by atoms with E-state index in [0.717, 1.165) is 51.0 Å². The molecule has 0 saturated carbocycles. The van der Waals surface area contributed by atoms with E-state index in [-0.39, 0.29) is 11.6 Å². The molecule has 1 amide bonds. The molecule has 2 aliphatic heterocycles. The van der Waals surface area contributed by atoms with Crippen LogP contribution in [0, 0.1) is 5.82 Å². The predicted molar refractivity (Wildman–Crippen MR) is 82.2 cm³/mol. The van der Waals surface area contributed by atoms with E-state index in [4.69, 9.17) is 4.74 Å². The summed E-state index contributed by atoms with van der Waals surface area (Å²) in [6.07, 6.45) is 3.75. The molecule has 2 heterocycles. The van der Waals surface area contributed by atoms with Gasteiger partial charge in [0.2, 0.25) is 5.91 Å². The van der Waals surface area contributed by atoms with Crippen LogP contribution in [-0.4, -0.2) is 48.5 Å². The van der Waals surface area contributed by atoms with Crippen molar-refractivity contribution >= 4 is 5.91 Å². The van der Waals surface area contributed by atoms with E-state index in [1.165, 1.54) is 7.11 Å². The van der Waals surface area contributed by atoms with Crippen LogP contribution in [0.25, 0.3) is 0 Å². The summed E-state index contributed by atoms with van der Waals surface area (Å²) in [7, 11) is 1.47. The molecule has 5 heteroatoms. The number of halogens is 1. The molecule has 0 bridgehead atoms. The number of piperidine rings is 1. The van der Waals surface area contributed by atoms with Gasteiger partial charge in [-0.05, 0) is 37.0 Å². The number of amides is 1. The topological polar surface area (TPSA) is 32.8 Å². The molecule has 0 unspecified atom stereocenters. The zero-order valence-corrected chi connectivity index (χ0v) is 13.1. The Morgan fingerprint density at radius 1 is 1.27 bits per heavy atom. The van der Waals surface area contributed by atoms with E-state index in [1.807, 2.05) is 6.07 Å². The number of nitrogens with zero attached hydrogens (tertiary/aromatic N) is 2. The third kappa shape index (κ3) is 3.24. The summed E-state index contributed by atoms with van der Waals surface area (Å²) >= 11 is 0. The first-order valence-electron chi connectivity index (χ1n) is 8.01. The van der Waals surface area contributed by atoms with E-state index in [9.17, 15) is 9.18 Å². The molecule has 2 aliphatic rings. The highest BCUT2D eigenvalue weighted by Gasteiger charge is 2.30. The van der Waals surface area contributed by atoms with Crippen LogP contribution < -0.4 is 4.74 Å². The molecule has 0 atom stereocenters. The third-order valence-electron chi connectivity index (χ3n) is 4.73. The zero-order chi connectivity index (χ0) is 15.5. The molecule has 0 radical (unpaired) electrons. The van der Waals surface area contributed by atoms with Gasteiger partial charge in [0, 0.05) is 38.6 Å². The van der Waals surface area contributed by atoms with Crippen molar-refractivity contribution in [2.75, 3.05) is 26.7 Å². The van der Waals surface area contributed by atoms with Gasteiger partial charge >= 0.3 is 0 Å². The van der Waals surface area contributed by atoms with Crippen LogP contribution in [0.4, 0.5) is 4.39 Å². The Labute approximate surface area is 130 Å². The Balaban J connectivity index is 1.53. The first-order chi connectivity index (χ1) is 10.7. The largest absolute Gasteiger partial charge is 0.494 e.